The molecule has 1 aromatic heterocycles. The molecule has 6 nitrogen and oxygen atoms in total. The molecule has 0 radical (unpaired) electrons. The van der Waals surface area contributed by atoms with Crippen molar-refractivity contribution in [1.82, 2.24) is 4.31 Å². The number of sulfonamides is 1. The van der Waals surface area contributed by atoms with Crippen molar-refractivity contribution in [2.75, 3.05) is 13.2 Å². The van der Waals surface area contributed by atoms with Crippen LogP contribution in [-0.4, -0.2) is 31.8 Å². The van der Waals surface area contributed by atoms with Gasteiger partial charge in [-0.2, -0.15) is 0 Å². The second-order valence-corrected chi connectivity index (χ2v) is 12.3. The van der Waals surface area contributed by atoms with Crippen LogP contribution in [0.3, 0.4) is 0 Å². The summed E-state index contributed by atoms with van der Waals surface area (Å²) in [6.07, 6.45) is 6.18. The van der Waals surface area contributed by atoms with Gasteiger partial charge in [0.1, 0.15) is 10.6 Å². The van der Waals surface area contributed by atoms with Crippen molar-refractivity contribution in [1.29, 1.82) is 0 Å². The van der Waals surface area contributed by atoms with E-state index in [4.69, 9.17) is 4.74 Å². The van der Waals surface area contributed by atoms with Crippen LogP contribution in [-0.2, 0) is 22.9 Å². The molecule has 0 saturated carbocycles. The van der Waals surface area contributed by atoms with Crippen molar-refractivity contribution >= 4 is 37.4 Å². The maximum atomic E-state index is 13.0. The van der Waals surface area contributed by atoms with Gasteiger partial charge >= 0.3 is 0 Å². The molecule has 0 bridgehead atoms. The van der Waals surface area contributed by atoms with E-state index in [9.17, 15) is 18.0 Å². The van der Waals surface area contributed by atoms with Gasteiger partial charge in [0.15, 0.2) is 5.43 Å². The quantitative estimate of drug-likeness (QED) is 0.390. The van der Waals surface area contributed by atoms with Gasteiger partial charge in [0, 0.05) is 27.1 Å². The van der Waals surface area contributed by atoms with E-state index in [0.29, 0.717) is 18.9 Å². The van der Waals surface area contributed by atoms with Gasteiger partial charge in [0.25, 0.3) is 15.9 Å². The summed E-state index contributed by atoms with van der Waals surface area (Å²) in [5, 5.41) is 0.772. The molecule has 184 valence electrons. The molecule has 2 heterocycles. The van der Waals surface area contributed by atoms with Crippen molar-refractivity contribution in [2.24, 2.45) is 5.92 Å². The molecule has 35 heavy (non-hydrogen) atoms. The highest BCUT2D eigenvalue weighted by atomic mass is 32.2. The Morgan fingerprint density at radius 2 is 1.91 bits per heavy atom. The van der Waals surface area contributed by atoms with Crippen LogP contribution in [0.2, 0.25) is 0 Å². The van der Waals surface area contributed by atoms with Gasteiger partial charge in [0.05, 0.1) is 12.2 Å². The number of unbranched alkanes of at least 4 members (excludes halogenated alkanes) is 2. The van der Waals surface area contributed by atoms with Crippen LogP contribution in [0, 0.1) is 5.92 Å². The molecule has 2 aliphatic rings. The fourth-order valence-electron chi connectivity index (χ4n) is 5.00. The topological polar surface area (TPSA) is 80.8 Å². The summed E-state index contributed by atoms with van der Waals surface area (Å²) in [7, 11) is -3.74. The summed E-state index contributed by atoms with van der Waals surface area (Å²) < 4.78 is 33.1. The Kier molecular flexibility index (Phi) is 6.68. The number of hydrogen-bond donors (Lipinski definition) is 0. The largest absolute Gasteiger partial charge is 0.494 e. The SMILES string of the molecule is CCC1CCc2c(sc3cc(OCCCCCN4C(=O)c5ccccc5S4(=O)=O)ccc3c2=O)C1. The summed E-state index contributed by atoms with van der Waals surface area (Å²) >= 11 is 1.72. The highest BCUT2D eigenvalue weighted by Gasteiger charge is 2.40. The number of carbonyl (C=O) groups excluding carboxylic acids is 1. The van der Waals surface area contributed by atoms with Gasteiger partial charge in [0.2, 0.25) is 0 Å². The number of amides is 1. The molecular weight excluding hydrogens is 482 g/mol. The van der Waals surface area contributed by atoms with Gasteiger partial charge < -0.3 is 4.74 Å². The van der Waals surface area contributed by atoms with Crippen molar-refractivity contribution in [3.63, 3.8) is 0 Å². The first-order chi connectivity index (χ1) is 16.9. The minimum Gasteiger partial charge on any atom is -0.494 e. The zero-order valence-electron chi connectivity index (χ0n) is 19.8. The minimum absolute atomic E-state index is 0.0958. The van der Waals surface area contributed by atoms with Gasteiger partial charge in [-0.05, 0) is 74.8 Å². The van der Waals surface area contributed by atoms with E-state index in [1.807, 2.05) is 18.2 Å². The molecule has 3 aromatic rings. The predicted octanol–water partition coefficient (Wildman–Crippen LogP) is 5.17. The lowest BCUT2D eigenvalue weighted by atomic mass is 9.87. The highest BCUT2D eigenvalue weighted by Crippen LogP contribution is 2.33. The Morgan fingerprint density at radius 3 is 2.71 bits per heavy atom. The van der Waals surface area contributed by atoms with Crippen molar-refractivity contribution in [3.8, 4) is 5.75 Å². The molecule has 0 spiro atoms. The van der Waals surface area contributed by atoms with Crippen LogP contribution >= 0.6 is 11.3 Å². The molecule has 1 aliphatic heterocycles. The minimum atomic E-state index is -3.74. The summed E-state index contributed by atoms with van der Waals surface area (Å²) in [6, 6.07) is 12.0. The molecule has 1 aliphatic carbocycles. The Morgan fingerprint density at radius 1 is 1.09 bits per heavy atom. The first kappa shape index (κ1) is 24.0. The van der Waals surface area contributed by atoms with E-state index >= 15 is 0 Å². The van der Waals surface area contributed by atoms with Gasteiger partial charge in [-0.3, -0.25) is 9.59 Å². The van der Waals surface area contributed by atoms with Crippen LogP contribution in [0.5, 0.6) is 5.75 Å². The number of rotatable bonds is 8. The zero-order valence-corrected chi connectivity index (χ0v) is 21.4. The van der Waals surface area contributed by atoms with Crippen LogP contribution in [0.25, 0.3) is 10.1 Å². The summed E-state index contributed by atoms with van der Waals surface area (Å²) in [4.78, 5) is 26.8. The second-order valence-electron chi connectivity index (χ2n) is 9.30. The first-order valence-electron chi connectivity index (χ1n) is 12.3. The van der Waals surface area contributed by atoms with Crippen LogP contribution in [0.15, 0.2) is 52.2 Å². The molecular formula is C27H29NO5S2. The van der Waals surface area contributed by atoms with E-state index in [2.05, 4.69) is 6.92 Å². The Balaban J connectivity index is 1.15. The smallest absolute Gasteiger partial charge is 0.269 e. The fraction of sp³-hybridized carbons (Fsp3) is 0.407. The predicted molar refractivity (Wildman–Crippen MR) is 138 cm³/mol. The zero-order chi connectivity index (χ0) is 24.6. The van der Waals surface area contributed by atoms with Crippen LogP contribution in [0.1, 0.15) is 59.8 Å². The van der Waals surface area contributed by atoms with E-state index in [1.165, 1.54) is 10.9 Å². The highest BCUT2D eigenvalue weighted by molar-refractivity contribution is 7.90. The van der Waals surface area contributed by atoms with E-state index in [1.54, 1.807) is 29.5 Å². The molecule has 1 unspecified atom stereocenters. The summed E-state index contributed by atoms with van der Waals surface area (Å²) in [6.45, 7) is 2.88. The fourth-order valence-corrected chi connectivity index (χ4v) is 7.96. The third-order valence-corrected chi connectivity index (χ3v) is 10.1. The number of ether oxygens (including phenoxy) is 1. The van der Waals surface area contributed by atoms with Gasteiger partial charge in [-0.1, -0.05) is 25.5 Å². The Hall–Kier alpha value is -2.71. The first-order valence-corrected chi connectivity index (χ1v) is 14.5. The average molecular weight is 512 g/mol. The molecule has 0 saturated heterocycles. The van der Waals surface area contributed by atoms with Crippen molar-refractivity contribution in [2.45, 2.75) is 56.8 Å². The number of benzene rings is 2. The molecule has 2 aromatic carbocycles. The number of carbonyl (C=O) groups is 1. The average Bonchev–Trinajstić information content (AvgIpc) is 3.06. The number of hydrogen-bond acceptors (Lipinski definition) is 6. The monoisotopic (exact) mass is 511 g/mol. The molecule has 0 fully saturated rings. The number of fused-ring (bicyclic) bond motifs is 3. The maximum Gasteiger partial charge on any atom is 0.269 e. The lowest BCUT2D eigenvalue weighted by Crippen LogP contribution is -2.31. The summed E-state index contributed by atoms with van der Waals surface area (Å²) in [5.74, 6) is 0.957. The van der Waals surface area contributed by atoms with Gasteiger partial charge in [-0.25, -0.2) is 12.7 Å². The molecule has 0 N–H and O–H groups in total. The van der Waals surface area contributed by atoms with Gasteiger partial charge in [-0.15, -0.1) is 11.3 Å². The van der Waals surface area contributed by atoms with E-state index < -0.39 is 15.9 Å². The Bertz CT molecular complexity index is 1440. The third kappa shape index (κ3) is 4.49. The van der Waals surface area contributed by atoms with Crippen LogP contribution in [0.4, 0.5) is 0 Å². The molecule has 1 amide bonds. The standard InChI is InChI=1S/C27H29NO5S2/c1-2-18-10-12-20-23(16-18)34-24-17-19(11-13-21(24)26(20)29)33-15-7-3-6-14-28-27(30)22-8-4-5-9-25(22)35(28,31)32/h4-5,8-9,11,13,17-18H,2-3,6-7,10,12,14-16H2,1H3. The van der Waals surface area contributed by atoms with Crippen LogP contribution < -0.4 is 10.2 Å². The second kappa shape index (κ2) is 9.74. The van der Waals surface area contributed by atoms with E-state index in [-0.39, 0.29) is 22.4 Å². The molecule has 5 rings (SSSR count). The third-order valence-electron chi connectivity index (χ3n) is 7.08. The van der Waals surface area contributed by atoms with Crippen molar-refractivity contribution < 1.29 is 17.9 Å². The van der Waals surface area contributed by atoms with E-state index in [0.717, 1.165) is 64.2 Å². The van der Waals surface area contributed by atoms with Crippen molar-refractivity contribution in [3.05, 3.63) is 68.7 Å². The summed E-state index contributed by atoms with van der Waals surface area (Å²) in [5.41, 5.74) is 1.42. The molecule has 1 atom stereocenters. The normalized spacial score (nSPS) is 18.5. The lowest BCUT2D eigenvalue weighted by Gasteiger charge is -2.22. The molecule has 8 heteroatoms. The lowest BCUT2D eigenvalue weighted by molar-refractivity contribution is 0.0869. The maximum absolute atomic E-state index is 13.0. The Labute approximate surface area is 209 Å². The number of nitrogens with zero attached hydrogens (tertiary/aromatic N) is 1.